The summed E-state index contributed by atoms with van der Waals surface area (Å²) in [5.41, 5.74) is 1.67. The molecule has 132 valence electrons. The number of nitrogens with zero attached hydrogens (tertiary/aromatic N) is 1. The Morgan fingerprint density at radius 1 is 1.20 bits per heavy atom. The Hall–Kier alpha value is -2.18. The molecule has 0 bridgehead atoms. The van der Waals surface area contributed by atoms with Crippen LogP contribution in [0.3, 0.4) is 0 Å². The maximum absolute atomic E-state index is 12.4. The number of hydrogen-bond donors (Lipinski definition) is 1. The van der Waals surface area contributed by atoms with Gasteiger partial charge in [-0.15, -0.1) is 11.8 Å². The van der Waals surface area contributed by atoms with Gasteiger partial charge in [0.25, 0.3) is 0 Å². The molecule has 1 fully saturated rings. The van der Waals surface area contributed by atoms with Crippen LogP contribution in [0.25, 0.3) is 0 Å². The number of benzene rings is 2. The number of aliphatic hydroxyl groups excluding tert-OH is 1. The minimum atomic E-state index is -0.733. The van der Waals surface area contributed by atoms with E-state index >= 15 is 0 Å². The molecule has 2 aromatic carbocycles. The topological polar surface area (TPSA) is 59.0 Å². The summed E-state index contributed by atoms with van der Waals surface area (Å²) in [6, 6.07) is 14.9. The summed E-state index contributed by atoms with van der Waals surface area (Å²) in [6.45, 7) is 0.237. The van der Waals surface area contributed by atoms with Gasteiger partial charge in [-0.2, -0.15) is 0 Å². The fourth-order valence-corrected chi connectivity index (χ4v) is 4.12. The SMILES string of the molecule is COc1ccc(OC)c([C@@H]2SCC(=O)N2C[C@@H](O)c2ccccc2)c1. The van der Waals surface area contributed by atoms with Gasteiger partial charge in [-0.3, -0.25) is 4.79 Å². The lowest BCUT2D eigenvalue weighted by Crippen LogP contribution is -2.32. The normalized spacial score (nSPS) is 18.3. The quantitative estimate of drug-likeness (QED) is 0.859. The molecule has 0 aromatic heterocycles. The van der Waals surface area contributed by atoms with Crippen LogP contribution in [0, 0.1) is 0 Å². The van der Waals surface area contributed by atoms with E-state index < -0.39 is 6.10 Å². The molecule has 1 saturated heterocycles. The average Bonchev–Trinajstić information content (AvgIpc) is 3.02. The number of amides is 1. The summed E-state index contributed by atoms with van der Waals surface area (Å²) in [7, 11) is 3.21. The Labute approximate surface area is 151 Å². The summed E-state index contributed by atoms with van der Waals surface area (Å²) >= 11 is 1.53. The Bertz CT molecular complexity index is 737. The number of β-amino-alcohol motifs (C(OH)–C–C–N with tert-alkyl or cyclic N) is 1. The van der Waals surface area contributed by atoms with Gasteiger partial charge in [-0.1, -0.05) is 30.3 Å². The van der Waals surface area contributed by atoms with Crippen LogP contribution in [0.5, 0.6) is 11.5 Å². The molecule has 2 aromatic rings. The van der Waals surface area contributed by atoms with Gasteiger partial charge in [0, 0.05) is 5.56 Å². The van der Waals surface area contributed by atoms with Crippen molar-refractivity contribution in [2.45, 2.75) is 11.5 Å². The number of carbonyl (C=O) groups excluding carboxylic acids is 1. The standard InChI is InChI=1S/C19H21NO4S/c1-23-14-8-9-17(24-2)15(10-14)19-20(18(22)12-25-19)11-16(21)13-6-4-3-5-7-13/h3-10,16,19,21H,11-12H2,1-2H3/t16-,19+/m1/s1. The van der Waals surface area contributed by atoms with Gasteiger partial charge in [-0.05, 0) is 23.8 Å². The Morgan fingerprint density at radius 3 is 2.64 bits per heavy atom. The van der Waals surface area contributed by atoms with Crippen LogP contribution in [0.2, 0.25) is 0 Å². The van der Waals surface area contributed by atoms with E-state index in [-0.39, 0.29) is 17.8 Å². The van der Waals surface area contributed by atoms with E-state index in [1.54, 1.807) is 19.1 Å². The third-order valence-electron chi connectivity index (χ3n) is 4.22. The highest BCUT2D eigenvalue weighted by Crippen LogP contribution is 2.44. The van der Waals surface area contributed by atoms with E-state index in [1.807, 2.05) is 48.5 Å². The van der Waals surface area contributed by atoms with Crippen LogP contribution in [0.4, 0.5) is 0 Å². The zero-order chi connectivity index (χ0) is 17.8. The van der Waals surface area contributed by atoms with Crippen LogP contribution in [-0.2, 0) is 4.79 Å². The summed E-state index contributed by atoms with van der Waals surface area (Å²) < 4.78 is 10.8. The van der Waals surface area contributed by atoms with Crippen molar-refractivity contribution in [3.8, 4) is 11.5 Å². The van der Waals surface area contributed by atoms with Gasteiger partial charge in [-0.25, -0.2) is 0 Å². The van der Waals surface area contributed by atoms with Gasteiger partial charge in [0.15, 0.2) is 0 Å². The molecule has 0 aliphatic carbocycles. The van der Waals surface area contributed by atoms with E-state index in [9.17, 15) is 9.90 Å². The number of carbonyl (C=O) groups is 1. The fraction of sp³-hybridized carbons (Fsp3) is 0.316. The third kappa shape index (κ3) is 3.75. The Kier molecular flexibility index (Phi) is 5.50. The second-order valence-electron chi connectivity index (χ2n) is 5.74. The first kappa shape index (κ1) is 17.6. The zero-order valence-corrected chi connectivity index (χ0v) is 15.0. The molecule has 25 heavy (non-hydrogen) atoms. The molecule has 0 spiro atoms. The van der Waals surface area contributed by atoms with Gasteiger partial charge in [0.1, 0.15) is 16.9 Å². The number of hydrogen-bond acceptors (Lipinski definition) is 5. The zero-order valence-electron chi connectivity index (χ0n) is 14.2. The summed E-state index contributed by atoms with van der Waals surface area (Å²) in [5.74, 6) is 1.80. The Balaban J connectivity index is 1.87. The second kappa shape index (κ2) is 7.80. The molecule has 1 amide bonds. The van der Waals surface area contributed by atoms with Crippen molar-refractivity contribution in [3.05, 3.63) is 59.7 Å². The van der Waals surface area contributed by atoms with Crippen molar-refractivity contribution >= 4 is 17.7 Å². The van der Waals surface area contributed by atoms with Crippen molar-refractivity contribution in [1.29, 1.82) is 0 Å². The molecule has 2 atom stereocenters. The predicted octanol–water partition coefficient (Wildman–Crippen LogP) is 3.01. The molecule has 5 nitrogen and oxygen atoms in total. The molecular formula is C19H21NO4S. The highest BCUT2D eigenvalue weighted by Gasteiger charge is 2.36. The molecule has 1 N–H and O–H groups in total. The second-order valence-corrected chi connectivity index (χ2v) is 6.81. The lowest BCUT2D eigenvalue weighted by Gasteiger charge is -2.28. The van der Waals surface area contributed by atoms with E-state index in [2.05, 4.69) is 0 Å². The molecule has 0 radical (unpaired) electrons. The Morgan fingerprint density at radius 2 is 1.96 bits per heavy atom. The average molecular weight is 359 g/mol. The van der Waals surface area contributed by atoms with Crippen molar-refractivity contribution in [3.63, 3.8) is 0 Å². The van der Waals surface area contributed by atoms with Crippen molar-refractivity contribution in [2.24, 2.45) is 0 Å². The van der Waals surface area contributed by atoms with E-state index in [0.29, 0.717) is 17.3 Å². The van der Waals surface area contributed by atoms with E-state index in [4.69, 9.17) is 9.47 Å². The molecule has 0 unspecified atom stereocenters. The molecule has 1 heterocycles. The van der Waals surface area contributed by atoms with Crippen LogP contribution in [0.1, 0.15) is 22.6 Å². The van der Waals surface area contributed by atoms with Crippen molar-refractivity contribution in [1.82, 2.24) is 4.90 Å². The van der Waals surface area contributed by atoms with Gasteiger partial charge >= 0.3 is 0 Å². The van der Waals surface area contributed by atoms with E-state index in [1.165, 1.54) is 11.8 Å². The first-order chi connectivity index (χ1) is 12.1. The van der Waals surface area contributed by atoms with Crippen LogP contribution in [-0.4, -0.2) is 42.4 Å². The molecule has 1 aliphatic rings. The first-order valence-corrected chi connectivity index (χ1v) is 9.05. The molecule has 3 rings (SSSR count). The molecule has 1 aliphatic heterocycles. The lowest BCUT2D eigenvalue weighted by molar-refractivity contribution is -0.129. The summed E-state index contributed by atoms with van der Waals surface area (Å²) in [4.78, 5) is 14.1. The molecular weight excluding hydrogens is 338 g/mol. The van der Waals surface area contributed by atoms with Crippen LogP contribution < -0.4 is 9.47 Å². The first-order valence-electron chi connectivity index (χ1n) is 8.00. The van der Waals surface area contributed by atoms with Gasteiger partial charge in [0.2, 0.25) is 5.91 Å². The number of thioether (sulfide) groups is 1. The maximum atomic E-state index is 12.4. The van der Waals surface area contributed by atoms with Gasteiger partial charge in [0.05, 0.1) is 32.6 Å². The number of rotatable bonds is 6. The minimum Gasteiger partial charge on any atom is -0.497 e. The highest BCUT2D eigenvalue weighted by atomic mass is 32.2. The monoisotopic (exact) mass is 359 g/mol. The molecule has 0 saturated carbocycles. The fourth-order valence-electron chi connectivity index (χ4n) is 2.91. The van der Waals surface area contributed by atoms with E-state index in [0.717, 1.165) is 11.1 Å². The predicted molar refractivity (Wildman–Crippen MR) is 97.9 cm³/mol. The minimum absolute atomic E-state index is 0.00912. The van der Waals surface area contributed by atoms with Gasteiger partial charge < -0.3 is 19.5 Å². The van der Waals surface area contributed by atoms with Crippen LogP contribution in [0.15, 0.2) is 48.5 Å². The summed E-state index contributed by atoms with van der Waals surface area (Å²) in [6.07, 6.45) is -0.733. The number of methoxy groups -OCH3 is 2. The van der Waals surface area contributed by atoms with Crippen molar-refractivity contribution < 1.29 is 19.4 Å². The maximum Gasteiger partial charge on any atom is 0.233 e. The smallest absolute Gasteiger partial charge is 0.233 e. The molecule has 6 heteroatoms. The number of aliphatic hydroxyl groups is 1. The largest absolute Gasteiger partial charge is 0.497 e. The summed E-state index contributed by atoms with van der Waals surface area (Å²) in [5, 5.41) is 10.3. The highest BCUT2D eigenvalue weighted by molar-refractivity contribution is 8.00. The van der Waals surface area contributed by atoms with Crippen molar-refractivity contribution in [2.75, 3.05) is 26.5 Å². The lowest BCUT2D eigenvalue weighted by atomic mass is 10.1. The van der Waals surface area contributed by atoms with Crippen LogP contribution >= 0.6 is 11.8 Å². The number of ether oxygens (including phenoxy) is 2. The third-order valence-corrected chi connectivity index (χ3v) is 5.46.